The van der Waals surface area contributed by atoms with Gasteiger partial charge in [0, 0.05) is 13.0 Å². The Kier molecular flexibility index (Phi) is 5.49. The molecule has 1 amide bonds. The minimum Gasteiger partial charge on any atom is -0.388 e. The summed E-state index contributed by atoms with van der Waals surface area (Å²) >= 11 is 1.87. The Hall–Kier alpha value is -1.00. The van der Waals surface area contributed by atoms with Crippen LogP contribution in [-0.2, 0) is 11.2 Å². The van der Waals surface area contributed by atoms with E-state index in [4.69, 9.17) is 0 Å². The summed E-state index contributed by atoms with van der Waals surface area (Å²) in [5.41, 5.74) is 1.72. The van der Waals surface area contributed by atoms with Crippen LogP contribution in [0.2, 0.25) is 0 Å². The molecule has 0 atom stereocenters. The molecule has 4 heteroatoms. The van der Waals surface area contributed by atoms with Crippen LogP contribution >= 0.6 is 11.8 Å². The van der Waals surface area contributed by atoms with E-state index in [1.54, 1.807) is 0 Å². The van der Waals surface area contributed by atoms with E-state index in [1.165, 1.54) is 11.1 Å². The molecule has 0 spiro atoms. The zero-order chi connectivity index (χ0) is 14.4. The predicted molar refractivity (Wildman–Crippen MR) is 84.0 cm³/mol. The molecule has 0 saturated carbocycles. The highest BCUT2D eigenvalue weighted by atomic mass is 32.2. The number of rotatable bonds is 5. The van der Waals surface area contributed by atoms with Crippen molar-refractivity contribution in [1.29, 1.82) is 0 Å². The number of thioether (sulfide) groups is 1. The van der Waals surface area contributed by atoms with E-state index in [2.05, 4.69) is 36.5 Å². The number of amides is 1. The Morgan fingerprint density at radius 1 is 1.30 bits per heavy atom. The van der Waals surface area contributed by atoms with Gasteiger partial charge in [0.2, 0.25) is 5.91 Å². The molecule has 2 rings (SSSR count). The number of nitrogens with one attached hydrogen (secondary N) is 1. The van der Waals surface area contributed by atoms with Crippen LogP contribution in [0.1, 0.15) is 30.4 Å². The van der Waals surface area contributed by atoms with Gasteiger partial charge >= 0.3 is 0 Å². The van der Waals surface area contributed by atoms with Gasteiger partial charge in [-0.2, -0.15) is 11.8 Å². The number of hydrogen-bond donors (Lipinski definition) is 2. The quantitative estimate of drug-likeness (QED) is 0.876. The van der Waals surface area contributed by atoms with Gasteiger partial charge in [0.1, 0.15) is 0 Å². The number of carbonyl (C=O) groups is 1. The molecule has 1 saturated heterocycles. The van der Waals surface area contributed by atoms with Gasteiger partial charge in [-0.1, -0.05) is 29.8 Å². The second-order valence-corrected chi connectivity index (χ2v) is 6.82. The van der Waals surface area contributed by atoms with Crippen molar-refractivity contribution in [2.75, 3.05) is 18.1 Å². The van der Waals surface area contributed by atoms with Gasteiger partial charge in [-0.3, -0.25) is 4.79 Å². The Bertz CT molecular complexity index is 438. The van der Waals surface area contributed by atoms with Crippen LogP contribution in [0, 0.1) is 6.92 Å². The number of aliphatic hydroxyl groups is 1. The smallest absolute Gasteiger partial charge is 0.220 e. The van der Waals surface area contributed by atoms with Crippen LogP contribution in [0.15, 0.2) is 24.3 Å². The first-order chi connectivity index (χ1) is 9.57. The summed E-state index contributed by atoms with van der Waals surface area (Å²) in [6.45, 7) is 2.44. The van der Waals surface area contributed by atoms with Gasteiger partial charge in [-0.25, -0.2) is 0 Å². The van der Waals surface area contributed by atoms with Crippen molar-refractivity contribution in [2.24, 2.45) is 0 Å². The molecular formula is C16H23NO2S. The summed E-state index contributed by atoms with van der Waals surface area (Å²) in [5.74, 6) is 1.99. The lowest BCUT2D eigenvalue weighted by molar-refractivity contribution is -0.122. The maximum Gasteiger partial charge on any atom is 0.220 e. The summed E-state index contributed by atoms with van der Waals surface area (Å²) in [7, 11) is 0. The molecular weight excluding hydrogens is 270 g/mol. The van der Waals surface area contributed by atoms with Gasteiger partial charge in [0.25, 0.3) is 0 Å². The van der Waals surface area contributed by atoms with Gasteiger partial charge < -0.3 is 10.4 Å². The van der Waals surface area contributed by atoms with E-state index >= 15 is 0 Å². The standard InChI is InChI=1S/C16H23NO2S/c1-13-2-4-14(5-3-13)6-7-15(18)17-12-16(19)8-10-20-11-9-16/h2-5,19H,6-12H2,1H3,(H,17,18). The number of hydrogen-bond acceptors (Lipinski definition) is 3. The highest BCUT2D eigenvalue weighted by molar-refractivity contribution is 7.99. The zero-order valence-corrected chi connectivity index (χ0v) is 12.8. The molecule has 20 heavy (non-hydrogen) atoms. The molecule has 2 N–H and O–H groups in total. The largest absolute Gasteiger partial charge is 0.388 e. The monoisotopic (exact) mass is 293 g/mol. The Morgan fingerprint density at radius 2 is 1.95 bits per heavy atom. The van der Waals surface area contributed by atoms with Crippen LogP contribution in [-0.4, -0.2) is 34.7 Å². The molecule has 1 heterocycles. The third-order valence-electron chi connectivity index (χ3n) is 3.80. The minimum atomic E-state index is -0.690. The van der Waals surface area contributed by atoms with E-state index in [1.807, 2.05) is 11.8 Å². The van der Waals surface area contributed by atoms with Gasteiger partial charge in [-0.05, 0) is 43.3 Å². The van der Waals surface area contributed by atoms with Crippen LogP contribution in [0.5, 0.6) is 0 Å². The highest BCUT2D eigenvalue weighted by Crippen LogP contribution is 2.26. The van der Waals surface area contributed by atoms with Gasteiger partial charge in [-0.15, -0.1) is 0 Å². The molecule has 1 aliphatic heterocycles. The fourth-order valence-corrected chi connectivity index (χ4v) is 3.54. The summed E-state index contributed by atoms with van der Waals surface area (Å²) in [5, 5.41) is 13.2. The van der Waals surface area contributed by atoms with Crippen LogP contribution in [0.25, 0.3) is 0 Å². The number of aryl methyl sites for hydroxylation is 2. The Labute approximate surface area is 125 Å². The van der Waals surface area contributed by atoms with Crippen molar-refractivity contribution in [3.63, 3.8) is 0 Å². The van der Waals surface area contributed by atoms with Crippen molar-refractivity contribution in [3.8, 4) is 0 Å². The fraction of sp³-hybridized carbons (Fsp3) is 0.562. The average Bonchev–Trinajstić information content (AvgIpc) is 2.45. The minimum absolute atomic E-state index is 0.0252. The van der Waals surface area contributed by atoms with E-state index in [0.717, 1.165) is 30.8 Å². The molecule has 3 nitrogen and oxygen atoms in total. The number of carbonyl (C=O) groups excluding carboxylic acids is 1. The van der Waals surface area contributed by atoms with Gasteiger partial charge in [0.05, 0.1) is 5.60 Å². The van der Waals surface area contributed by atoms with E-state index in [0.29, 0.717) is 13.0 Å². The van der Waals surface area contributed by atoms with E-state index in [9.17, 15) is 9.90 Å². The molecule has 110 valence electrons. The van der Waals surface area contributed by atoms with Crippen molar-refractivity contribution < 1.29 is 9.90 Å². The third kappa shape index (κ3) is 4.84. The lowest BCUT2D eigenvalue weighted by atomic mass is 9.97. The molecule has 1 fully saturated rings. The second-order valence-electron chi connectivity index (χ2n) is 5.60. The molecule has 0 bridgehead atoms. The maximum absolute atomic E-state index is 11.8. The number of benzene rings is 1. The lowest BCUT2D eigenvalue weighted by Gasteiger charge is -2.31. The SMILES string of the molecule is Cc1ccc(CCC(=O)NCC2(O)CCSCC2)cc1. The van der Waals surface area contributed by atoms with Crippen molar-refractivity contribution >= 4 is 17.7 Å². The molecule has 0 aliphatic carbocycles. The molecule has 0 radical (unpaired) electrons. The first kappa shape index (κ1) is 15.4. The van der Waals surface area contributed by atoms with Crippen molar-refractivity contribution in [2.45, 2.75) is 38.2 Å². The average molecular weight is 293 g/mol. The molecule has 0 unspecified atom stereocenters. The van der Waals surface area contributed by atoms with Crippen LogP contribution in [0.3, 0.4) is 0 Å². The Balaban J connectivity index is 1.71. The molecule has 1 aliphatic rings. The molecule has 1 aromatic carbocycles. The third-order valence-corrected chi connectivity index (χ3v) is 4.79. The predicted octanol–water partition coefficient (Wildman–Crippen LogP) is 2.30. The molecule has 0 aromatic heterocycles. The van der Waals surface area contributed by atoms with Crippen molar-refractivity contribution in [1.82, 2.24) is 5.32 Å². The van der Waals surface area contributed by atoms with E-state index < -0.39 is 5.60 Å². The Morgan fingerprint density at radius 3 is 2.60 bits per heavy atom. The first-order valence-electron chi connectivity index (χ1n) is 7.20. The molecule has 1 aromatic rings. The van der Waals surface area contributed by atoms with Crippen LogP contribution in [0.4, 0.5) is 0 Å². The summed E-state index contributed by atoms with van der Waals surface area (Å²) in [6.07, 6.45) is 2.78. The second kappa shape index (κ2) is 7.14. The zero-order valence-electron chi connectivity index (χ0n) is 12.0. The maximum atomic E-state index is 11.8. The normalized spacial score (nSPS) is 17.7. The van der Waals surface area contributed by atoms with Gasteiger partial charge in [0.15, 0.2) is 0 Å². The van der Waals surface area contributed by atoms with Crippen LogP contribution < -0.4 is 5.32 Å². The highest BCUT2D eigenvalue weighted by Gasteiger charge is 2.29. The topological polar surface area (TPSA) is 49.3 Å². The lowest BCUT2D eigenvalue weighted by Crippen LogP contribution is -2.45. The fourth-order valence-electron chi connectivity index (χ4n) is 2.29. The summed E-state index contributed by atoms with van der Waals surface area (Å²) < 4.78 is 0. The van der Waals surface area contributed by atoms with E-state index in [-0.39, 0.29) is 5.91 Å². The first-order valence-corrected chi connectivity index (χ1v) is 8.35. The summed E-state index contributed by atoms with van der Waals surface area (Å²) in [6, 6.07) is 8.26. The van der Waals surface area contributed by atoms with Crippen molar-refractivity contribution in [3.05, 3.63) is 35.4 Å². The summed E-state index contributed by atoms with van der Waals surface area (Å²) in [4.78, 5) is 11.8.